The minimum atomic E-state index is -3.98. The molecule has 0 spiro atoms. The van der Waals surface area contributed by atoms with Crippen LogP contribution in [0.25, 0.3) is 0 Å². The Hall–Kier alpha value is -2.97. The van der Waals surface area contributed by atoms with Gasteiger partial charge in [-0.3, -0.25) is 9.10 Å². The quantitative estimate of drug-likeness (QED) is 0.421. The molecule has 3 aromatic carbocycles. The van der Waals surface area contributed by atoms with Crippen molar-refractivity contribution >= 4 is 39.1 Å². The molecule has 0 saturated heterocycles. The Morgan fingerprint density at radius 2 is 1.59 bits per heavy atom. The molecule has 0 saturated carbocycles. The van der Waals surface area contributed by atoms with Crippen LogP contribution < -0.4 is 14.4 Å². The lowest BCUT2D eigenvalue weighted by atomic mass is 10.3. The van der Waals surface area contributed by atoms with E-state index in [-0.39, 0.29) is 11.4 Å². The van der Waals surface area contributed by atoms with Gasteiger partial charge in [0.1, 0.15) is 12.3 Å². The van der Waals surface area contributed by atoms with Gasteiger partial charge in [0, 0.05) is 4.90 Å². The van der Waals surface area contributed by atoms with Gasteiger partial charge in [-0.25, -0.2) is 8.42 Å². The Kier molecular flexibility index (Phi) is 8.19. The predicted octanol–water partition coefficient (Wildman–Crippen LogP) is 5.03. The first-order valence-electron chi connectivity index (χ1n) is 10.3. The Morgan fingerprint density at radius 3 is 2.25 bits per heavy atom. The summed E-state index contributed by atoms with van der Waals surface area (Å²) in [5.74, 6) is 1.02. The number of carbonyl (C=O) groups is 1. The van der Waals surface area contributed by atoms with Crippen molar-refractivity contribution in [2.45, 2.75) is 23.6 Å². The van der Waals surface area contributed by atoms with E-state index in [9.17, 15) is 13.2 Å². The lowest BCUT2D eigenvalue weighted by Crippen LogP contribution is -2.38. The number of benzene rings is 3. The molecule has 0 atom stereocenters. The number of para-hydroxylation sites is 2. The predicted molar refractivity (Wildman–Crippen MR) is 130 cm³/mol. The third-order valence-corrected chi connectivity index (χ3v) is 7.26. The highest BCUT2D eigenvalue weighted by atomic mass is 32.2. The molecule has 0 radical (unpaired) electrons. The Balaban J connectivity index is 1.89. The van der Waals surface area contributed by atoms with E-state index in [1.807, 2.05) is 38.1 Å². The first-order chi connectivity index (χ1) is 15.5. The van der Waals surface area contributed by atoms with Crippen molar-refractivity contribution in [2.24, 2.45) is 0 Å². The van der Waals surface area contributed by atoms with Crippen molar-refractivity contribution < 1.29 is 17.9 Å². The SMILES string of the molecule is CCOc1ccc(S(=O)(=O)N(CC(=O)Nc2ccccc2SCC)c2ccccc2)cc1. The van der Waals surface area contributed by atoms with Crippen LogP contribution in [0.4, 0.5) is 11.4 Å². The van der Waals surface area contributed by atoms with Gasteiger partial charge in [0.25, 0.3) is 10.0 Å². The van der Waals surface area contributed by atoms with Crippen molar-refractivity contribution in [3.63, 3.8) is 0 Å². The van der Waals surface area contributed by atoms with Crippen LogP contribution in [0.5, 0.6) is 5.75 Å². The molecule has 1 N–H and O–H groups in total. The molecule has 6 nitrogen and oxygen atoms in total. The molecule has 3 rings (SSSR count). The maximum absolute atomic E-state index is 13.5. The zero-order valence-corrected chi connectivity index (χ0v) is 19.7. The van der Waals surface area contributed by atoms with Crippen molar-refractivity contribution in [1.29, 1.82) is 0 Å². The highest BCUT2D eigenvalue weighted by molar-refractivity contribution is 7.99. The van der Waals surface area contributed by atoms with Crippen LogP contribution in [-0.2, 0) is 14.8 Å². The van der Waals surface area contributed by atoms with E-state index in [0.717, 1.165) is 15.0 Å². The fourth-order valence-corrected chi connectivity index (χ4v) is 5.26. The van der Waals surface area contributed by atoms with E-state index in [1.54, 1.807) is 54.2 Å². The molecule has 0 heterocycles. The second kappa shape index (κ2) is 11.1. The number of hydrogen-bond donors (Lipinski definition) is 1. The van der Waals surface area contributed by atoms with Gasteiger partial charge in [0.05, 0.1) is 22.9 Å². The van der Waals surface area contributed by atoms with Gasteiger partial charge in [-0.15, -0.1) is 11.8 Å². The molecule has 0 unspecified atom stereocenters. The molecule has 0 bridgehead atoms. The van der Waals surface area contributed by atoms with Gasteiger partial charge in [0.15, 0.2) is 0 Å². The average Bonchev–Trinajstić information content (AvgIpc) is 2.80. The molecule has 3 aromatic rings. The maximum atomic E-state index is 13.5. The highest BCUT2D eigenvalue weighted by Gasteiger charge is 2.27. The molecule has 0 fully saturated rings. The zero-order chi connectivity index (χ0) is 23.0. The van der Waals surface area contributed by atoms with E-state index in [0.29, 0.717) is 23.7 Å². The first kappa shape index (κ1) is 23.7. The Bertz CT molecular complexity index is 1130. The van der Waals surface area contributed by atoms with Crippen LogP contribution in [0.1, 0.15) is 13.8 Å². The zero-order valence-electron chi connectivity index (χ0n) is 18.0. The maximum Gasteiger partial charge on any atom is 0.264 e. The van der Waals surface area contributed by atoms with Gasteiger partial charge in [0.2, 0.25) is 5.91 Å². The second-order valence-corrected chi connectivity index (χ2v) is 9.90. The van der Waals surface area contributed by atoms with Crippen molar-refractivity contribution in [3.8, 4) is 5.75 Å². The molecule has 168 valence electrons. The third kappa shape index (κ3) is 5.83. The van der Waals surface area contributed by atoms with E-state index in [4.69, 9.17) is 4.74 Å². The summed E-state index contributed by atoms with van der Waals surface area (Å²) in [6, 6.07) is 22.3. The Labute approximate surface area is 193 Å². The molecular weight excluding hydrogens is 444 g/mol. The van der Waals surface area contributed by atoms with Gasteiger partial charge in [-0.05, 0) is 61.2 Å². The number of rotatable bonds is 10. The van der Waals surface area contributed by atoms with Crippen LogP contribution in [0.3, 0.4) is 0 Å². The second-order valence-electron chi connectivity index (χ2n) is 6.73. The fourth-order valence-electron chi connectivity index (χ4n) is 3.08. The normalized spacial score (nSPS) is 11.1. The monoisotopic (exact) mass is 470 g/mol. The molecule has 32 heavy (non-hydrogen) atoms. The number of carbonyl (C=O) groups excluding carboxylic acids is 1. The van der Waals surface area contributed by atoms with E-state index >= 15 is 0 Å². The topological polar surface area (TPSA) is 75.7 Å². The summed E-state index contributed by atoms with van der Waals surface area (Å²) >= 11 is 1.61. The largest absolute Gasteiger partial charge is 0.494 e. The molecule has 0 aliphatic carbocycles. The summed E-state index contributed by atoms with van der Waals surface area (Å²) in [5.41, 5.74) is 1.07. The number of nitrogens with one attached hydrogen (secondary N) is 1. The lowest BCUT2D eigenvalue weighted by molar-refractivity contribution is -0.114. The summed E-state index contributed by atoms with van der Waals surface area (Å²) in [6.07, 6.45) is 0. The number of ether oxygens (including phenoxy) is 1. The number of sulfonamides is 1. The van der Waals surface area contributed by atoms with E-state index in [2.05, 4.69) is 5.32 Å². The van der Waals surface area contributed by atoms with Crippen molar-refractivity contribution in [3.05, 3.63) is 78.9 Å². The number of nitrogens with zero attached hydrogens (tertiary/aromatic N) is 1. The first-order valence-corrected chi connectivity index (χ1v) is 12.7. The number of thioether (sulfide) groups is 1. The number of anilines is 2. The van der Waals surface area contributed by atoms with Crippen LogP contribution >= 0.6 is 11.8 Å². The minimum Gasteiger partial charge on any atom is -0.494 e. The summed E-state index contributed by atoms with van der Waals surface area (Å²) in [7, 11) is -3.98. The minimum absolute atomic E-state index is 0.0829. The average molecular weight is 471 g/mol. The van der Waals surface area contributed by atoms with Crippen molar-refractivity contribution in [2.75, 3.05) is 28.5 Å². The van der Waals surface area contributed by atoms with Crippen LogP contribution in [0.2, 0.25) is 0 Å². The molecule has 0 aromatic heterocycles. The van der Waals surface area contributed by atoms with Gasteiger partial charge < -0.3 is 10.1 Å². The van der Waals surface area contributed by atoms with Crippen LogP contribution in [0.15, 0.2) is 88.7 Å². The summed E-state index contributed by atoms with van der Waals surface area (Å²) in [5, 5.41) is 2.86. The number of hydrogen-bond acceptors (Lipinski definition) is 5. The molecule has 8 heteroatoms. The summed E-state index contributed by atoms with van der Waals surface area (Å²) in [6.45, 7) is 4.02. The lowest BCUT2D eigenvalue weighted by Gasteiger charge is -2.24. The van der Waals surface area contributed by atoms with E-state index in [1.165, 1.54) is 12.1 Å². The molecule has 1 amide bonds. The standard InChI is InChI=1S/C24H26N2O4S2/c1-3-30-20-14-16-21(17-15-20)32(28,29)26(19-10-6-5-7-11-19)18-24(27)25-22-12-8-9-13-23(22)31-4-2/h5-17H,3-4,18H2,1-2H3,(H,25,27). The fraction of sp³-hybridized carbons (Fsp3) is 0.208. The molecule has 0 aliphatic heterocycles. The molecule has 0 aliphatic rings. The van der Waals surface area contributed by atoms with Gasteiger partial charge in [-0.2, -0.15) is 0 Å². The molecular formula is C24H26N2O4S2. The summed E-state index contributed by atoms with van der Waals surface area (Å²) < 4.78 is 33.4. The third-order valence-electron chi connectivity index (χ3n) is 4.52. The summed E-state index contributed by atoms with van der Waals surface area (Å²) in [4.78, 5) is 13.9. The number of amides is 1. The van der Waals surface area contributed by atoms with Gasteiger partial charge >= 0.3 is 0 Å². The van der Waals surface area contributed by atoms with Gasteiger partial charge in [-0.1, -0.05) is 37.3 Å². The van der Waals surface area contributed by atoms with Crippen LogP contribution in [0, 0.1) is 0 Å². The van der Waals surface area contributed by atoms with Crippen LogP contribution in [-0.4, -0.2) is 33.2 Å². The van der Waals surface area contributed by atoms with Crippen molar-refractivity contribution in [1.82, 2.24) is 0 Å². The van der Waals surface area contributed by atoms with E-state index < -0.39 is 15.9 Å². The smallest absolute Gasteiger partial charge is 0.264 e. The highest BCUT2D eigenvalue weighted by Crippen LogP contribution is 2.28. The Morgan fingerprint density at radius 1 is 0.938 bits per heavy atom.